The molecule has 0 spiro atoms. The second-order valence-corrected chi connectivity index (χ2v) is 7.92. The van der Waals surface area contributed by atoms with Gasteiger partial charge in [-0.3, -0.25) is 0 Å². The van der Waals surface area contributed by atoms with Gasteiger partial charge in [-0.2, -0.15) is 0 Å². The van der Waals surface area contributed by atoms with Crippen molar-refractivity contribution in [3.05, 3.63) is 15.6 Å². The monoisotopic (exact) mass is 278 g/mol. The molecule has 0 aliphatic heterocycles. The highest BCUT2D eigenvalue weighted by Crippen LogP contribution is 2.42. The van der Waals surface area contributed by atoms with Crippen molar-refractivity contribution in [2.24, 2.45) is 17.6 Å². The fraction of sp³-hybridized carbons (Fsp3) is 0.812. The maximum Gasteiger partial charge on any atom is 0.113 e. The average Bonchev–Trinajstić information content (AvgIpc) is 2.83. The molecule has 1 fully saturated rings. The molecule has 0 bridgehead atoms. The standard InChI is InChI=1S/C16H26N2S/c1-11(2)12-7-9-16(17,10-8-12)15-18-13-5-3-4-6-14(13)19-15/h11-12H,3-10,17H2,1-2H3. The minimum absolute atomic E-state index is 0.118. The lowest BCUT2D eigenvalue weighted by Gasteiger charge is -2.37. The Labute approximate surface area is 120 Å². The smallest absolute Gasteiger partial charge is 0.113 e. The predicted octanol–water partition coefficient (Wildman–Crippen LogP) is 4.02. The van der Waals surface area contributed by atoms with Gasteiger partial charge in [0, 0.05) is 4.88 Å². The molecule has 0 radical (unpaired) electrons. The Bertz CT molecular complexity index is 418. The van der Waals surface area contributed by atoms with Crippen LogP contribution in [0.1, 0.15) is 68.0 Å². The van der Waals surface area contributed by atoms with Crippen LogP contribution in [0.25, 0.3) is 0 Å². The number of nitrogens with two attached hydrogens (primary N) is 1. The summed E-state index contributed by atoms with van der Waals surface area (Å²) in [6.45, 7) is 4.69. The fourth-order valence-electron chi connectivity index (χ4n) is 3.60. The Balaban J connectivity index is 1.76. The molecule has 0 amide bonds. The molecular weight excluding hydrogens is 252 g/mol. The molecule has 19 heavy (non-hydrogen) atoms. The summed E-state index contributed by atoms with van der Waals surface area (Å²) in [5, 5.41) is 1.24. The zero-order valence-corrected chi connectivity index (χ0v) is 13.1. The highest BCUT2D eigenvalue weighted by atomic mass is 32.1. The summed E-state index contributed by atoms with van der Waals surface area (Å²) in [6, 6.07) is 0. The summed E-state index contributed by atoms with van der Waals surface area (Å²) in [5.74, 6) is 1.67. The maximum atomic E-state index is 6.70. The quantitative estimate of drug-likeness (QED) is 0.887. The van der Waals surface area contributed by atoms with E-state index in [0.29, 0.717) is 0 Å². The third-order valence-electron chi connectivity index (χ3n) is 5.14. The molecule has 106 valence electrons. The summed E-state index contributed by atoms with van der Waals surface area (Å²) >= 11 is 1.91. The first-order chi connectivity index (χ1) is 9.08. The van der Waals surface area contributed by atoms with Crippen molar-refractivity contribution in [3.63, 3.8) is 0 Å². The molecule has 1 aromatic heterocycles. The summed E-state index contributed by atoms with van der Waals surface area (Å²) < 4.78 is 0. The number of hydrogen-bond acceptors (Lipinski definition) is 3. The van der Waals surface area contributed by atoms with Crippen LogP contribution in [0.2, 0.25) is 0 Å². The molecule has 1 aromatic rings. The van der Waals surface area contributed by atoms with Crippen LogP contribution in [0.15, 0.2) is 0 Å². The first kappa shape index (κ1) is 13.6. The van der Waals surface area contributed by atoms with Gasteiger partial charge < -0.3 is 5.73 Å². The number of aryl methyl sites for hydroxylation is 2. The highest BCUT2D eigenvalue weighted by molar-refractivity contribution is 7.11. The van der Waals surface area contributed by atoms with E-state index in [1.54, 1.807) is 0 Å². The Kier molecular flexibility index (Phi) is 3.69. The van der Waals surface area contributed by atoms with Crippen molar-refractivity contribution >= 4 is 11.3 Å². The van der Waals surface area contributed by atoms with Crippen LogP contribution in [-0.4, -0.2) is 4.98 Å². The van der Waals surface area contributed by atoms with Gasteiger partial charge in [0.25, 0.3) is 0 Å². The zero-order chi connectivity index (χ0) is 13.5. The molecule has 3 heteroatoms. The molecule has 2 N–H and O–H groups in total. The van der Waals surface area contributed by atoms with E-state index in [0.717, 1.165) is 24.7 Å². The van der Waals surface area contributed by atoms with Gasteiger partial charge in [-0.05, 0) is 63.2 Å². The maximum absolute atomic E-state index is 6.70. The molecule has 2 aliphatic carbocycles. The lowest BCUT2D eigenvalue weighted by atomic mass is 9.73. The van der Waals surface area contributed by atoms with Gasteiger partial charge in [-0.1, -0.05) is 13.8 Å². The predicted molar refractivity (Wildman–Crippen MR) is 81.4 cm³/mol. The van der Waals surface area contributed by atoms with Gasteiger partial charge in [-0.25, -0.2) is 4.98 Å². The highest BCUT2D eigenvalue weighted by Gasteiger charge is 2.37. The molecule has 0 saturated heterocycles. The normalized spacial score (nSPS) is 31.5. The summed E-state index contributed by atoms with van der Waals surface area (Å²) in [4.78, 5) is 6.43. The van der Waals surface area contributed by atoms with Crippen molar-refractivity contribution in [1.29, 1.82) is 0 Å². The van der Waals surface area contributed by atoms with Crippen molar-refractivity contribution < 1.29 is 0 Å². The Morgan fingerprint density at radius 3 is 2.53 bits per heavy atom. The first-order valence-electron chi connectivity index (χ1n) is 7.86. The number of nitrogens with zero attached hydrogens (tertiary/aromatic N) is 1. The number of aromatic nitrogens is 1. The Morgan fingerprint density at radius 1 is 1.21 bits per heavy atom. The first-order valence-corrected chi connectivity index (χ1v) is 8.68. The van der Waals surface area contributed by atoms with Crippen molar-refractivity contribution in [2.45, 2.75) is 70.8 Å². The number of thiazole rings is 1. The summed E-state index contributed by atoms with van der Waals surface area (Å²) in [5.41, 5.74) is 7.95. The van der Waals surface area contributed by atoms with Crippen LogP contribution < -0.4 is 5.73 Å². The van der Waals surface area contributed by atoms with Gasteiger partial charge in [0.05, 0.1) is 11.2 Å². The molecule has 2 aliphatic rings. The van der Waals surface area contributed by atoms with Gasteiger partial charge >= 0.3 is 0 Å². The molecule has 1 heterocycles. The Hall–Kier alpha value is -0.410. The van der Waals surface area contributed by atoms with Gasteiger partial charge in [0.2, 0.25) is 0 Å². The van der Waals surface area contributed by atoms with Crippen LogP contribution in [0.4, 0.5) is 0 Å². The fourth-order valence-corrected chi connectivity index (χ4v) is 4.91. The van der Waals surface area contributed by atoms with Crippen LogP contribution in [0, 0.1) is 11.8 Å². The molecule has 3 rings (SSSR count). The third-order valence-corrected chi connectivity index (χ3v) is 6.51. The molecule has 1 saturated carbocycles. The van der Waals surface area contributed by atoms with Crippen LogP contribution >= 0.6 is 11.3 Å². The number of hydrogen-bond donors (Lipinski definition) is 1. The zero-order valence-electron chi connectivity index (χ0n) is 12.2. The van der Waals surface area contributed by atoms with E-state index in [1.165, 1.54) is 54.1 Å². The topological polar surface area (TPSA) is 38.9 Å². The van der Waals surface area contributed by atoms with E-state index in [-0.39, 0.29) is 5.54 Å². The summed E-state index contributed by atoms with van der Waals surface area (Å²) in [6.07, 6.45) is 9.86. The van der Waals surface area contributed by atoms with Crippen LogP contribution in [0.5, 0.6) is 0 Å². The molecular formula is C16H26N2S. The second-order valence-electron chi connectivity index (χ2n) is 6.83. The average molecular weight is 278 g/mol. The SMILES string of the molecule is CC(C)C1CCC(N)(c2nc3c(s2)CCCC3)CC1. The lowest BCUT2D eigenvalue weighted by molar-refractivity contribution is 0.195. The van der Waals surface area contributed by atoms with E-state index < -0.39 is 0 Å². The third kappa shape index (κ3) is 2.59. The van der Waals surface area contributed by atoms with E-state index >= 15 is 0 Å². The van der Waals surface area contributed by atoms with Crippen molar-refractivity contribution in [3.8, 4) is 0 Å². The number of fused-ring (bicyclic) bond motifs is 1. The van der Waals surface area contributed by atoms with Crippen molar-refractivity contribution in [1.82, 2.24) is 4.98 Å². The number of rotatable bonds is 2. The largest absolute Gasteiger partial charge is 0.319 e. The van der Waals surface area contributed by atoms with E-state index in [9.17, 15) is 0 Å². The lowest BCUT2D eigenvalue weighted by Crippen LogP contribution is -2.41. The van der Waals surface area contributed by atoms with Gasteiger partial charge in [-0.15, -0.1) is 11.3 Å². The Morgan fingerprint density at radius 2 is 1.89 bits per heavy atom. The van der Waals surface area contributed by atoms with Gasteiger partial charge in [0.15, 0.2) is 0 Å². The van der Waals surface area contributed by atoms with Gasteiger partial charge in [0.1, 0.15) is 5.01 Å². The summed E-state index contributed by atoms with van der Waals surface area (Å²) in [7, 11) is 0. The molecule has 0 aromatic carbocycles. The minimum Gasteiger partial charge on any atom is -0.319 e. The molecule has 2 nitrogen and oxygen atoms in total. The van der Waals surface area contributed by atoms with E-state index in [2.05, 4.69) is 13.8 Å². The second kappa shape index (κ2) is 5.17. The van der Waals surface area contributed by atoms with Crippen LogP contribution in [0.3, 0.4) is 0 Å². The molecule has 0 atom stereocenters. The van der Waals surface area contributed by atoms with E-state index in [1.807, 2.05) is 11.3 Å². The van der Waals surface area contributed by atoms with Crippen molar-refractivity contribution in [2.75, 3.05) is 0 Å². The minimum atomic E-state index is -0.118. The molecule has 0 unspecified atom stereocenters. The van der Waals surface area contributed by atoms with Crippen LogP contribution in [-0.2, 0) is 18.4 Å². The van der Waals surface area contributed by atoms with E-state index in [4.69, 9.17) is 10.7 Å².